The fourth-order valence-corrected chi connectivity index (χ4v) is 6.95. The molecule has 0 aromatic rings. The standard InChI is InChI=1S/C41H82NO8P/c1-4-6-8-10-12-14-16-18-19-20-21-22-24-26-28-30-32-34-41(44)50-39(38-49-51(45,46)48-36-35-42-3)37-47-40(43)33-31-29-27-25-23-17-15-13-11-9-7-5-2/h39,42H,4-38H2,1-3H3,(H,45,46). The molecular formula is C41H82NO8P. The number of carbonyl (C=O) groups is 2. The first-order valence-electron chi connectivity index (χ1n) is 21.5. The predicted octanol–water partition coefficient (Wildman–Crippen LogP) is 11.9. The SMILES string of the molecule is CCCCCCCCCCCCCCCCCCCC(=O)OC(COC(=O)CCCCCCCCCCCCCC)COP(=O)(O)OCCNC. The van der Waals surface area contributed by atoms with E-state index < -0.39 is 26.5 Å². The van der Waals surface area contributed by atoms with Gasteiger partial charge < -0.3 is 19.7 Å². The Bertz CT molecular complexity index is 815. The van der Waals surface area contributed by atoms with Crippen molar-refractivity contribution >= 4 is 19.8 Å². The molecule has 304 valence electrons. The summed E-state index contributed by atoms with van der Waals surface area (Å²) in [5.74, 6) is -0.792. The quantitative estimate of drug-likeness (QED) is 0.0357. The Labute approximate surface area is 314 Å². The minimum Gasteiger partial charge on any atom is -0.462 e. The van der Waals surface area contributed by atoms with Crippen LogP contribution < -0.4 is 5.32 Å². The minimum absolute atomic E-state index is 0.0118. The van der Waals surface area contributed by atoms with Gasteiger partial charge in [0.2, 0.25) is 0 Å². The Morgan fingerprint density at radius 1 is 0.529 bits per heavy atom. The maximum atomic E-state index is 12.6. The Morgan fingerprint density at radius 2 is 0.882 bits per heavy atom. The lowest BCUT2D eigenvalue weighted by Gasteiger charge is -2.20. The third-order valence-corrected chi connectivity index (χ3v) is 10.5. The number of likely N-dealkylation sites (N-methyl/N-ethyl adjacent to an activating group) is 1. The normalized spacial score (nSPS) is 13.3. The van der Waals surface area contributed by atoms with Gasteiger partial charge in [-0.1, -0.05) is 187 Å². The molecule has 0 amide bonds. The molecule has 0 spiro atoms. The zero-order chi connectivity index (χ0) is 37.5. The number of ether oxygens (including phenoxy) is 2. The van der Waals surface area contributed by atoms with E-state index in [-0.39, 0.29) is 25.6 Å². The van der Waals surface area contributed by atoms with Gasteiger partial charge in [0.1, 0.15) is 6.61 Å². The fraction of sp³-hybridized carbons (Fsp3) is 0.951. The smallest absolute Gasteiger partial charge is 0.462 e. The van der Waals surface area contributed by atoms with Crippen molar-refractivity contribution in [2.75, 3.05) is 33.4 Å². The molecule has 2 atom stereocenters. The van der Waals surface area contributed by atoms with Crippen LogP contribution in [0.15, 0.2) is 0 Å². The molecule has 0 aliphatic rings. The van der Waals surface area contributed by atoms with Crippen molar-refractivity contribution in [3.05, 3.63) is 0 Å². The second-order valence-corrected chi connectivity index (χ2v) is 16.0. The number of esters is 2. The number of phosphoric ester groups is 1. The van der Waals surface area contributed by atoms with E-state index in [9.17, 15) is 19.0 Å². The number of rotatable bonds is 41. The summed E-state index contributed by atoms with van der Waals surface area (Å²) >= 11 is 0. The van der Waals surface area contributed by atoms with E-state index in [0.29, 0.717) is 13.0 Å². The zero-order valence-electron chi connectivity index (χ0n) is 33.6. The highest BCUT2D eigenvalue weighted by Crippen LogP contribution is 2.43. The van der Waals surface area contributed by atoms with E-state index in [1.165, 1.54) is 148 Å². The molecule has 0 fully saturated rings. The van der Waals surface area contributed by atoms with E-state index in [0.717, 1.165) is 38.5 Å². The van der Waals surface area contributed by atoms with Crippen LogP contribution in [0.1, 0.15) is 213 Å². The van der Waals surface area contributed by atoms with E-state index in [1.54, 1.807) is 7.05 Å². The average Bonchev–Trinajstić information content (AvgIpc) is 3.11. The Kier molecular flexibility index (Phi) is 38.0. The first kappa shape index (κ1) is 50.0. The third kappa shape index (κ3) is 38.5. The Morgan fingerprint density at radius 3 is 1.25 bits per heavy atom. The molecule has 2 N–H and O–H groups in total. The second kappa shape index (κ2) is 38.7. The molecule has 10 heteroatoms. The molecule has 0 saturated carbocycles. The van der Waals surface area contributed by atoms with Gasteiger partial charge in [-0.25, -0.2) is 4.57 Å². The highest BCUT2D eigenvalue weighted by Gasteiger charge is 2.26. The van der Waals surface area contributed by atoms with Crippen LogP contribution in [-0.4, -0.2) is 56.3 Å². The predicted molar refractivity (Wildman–Crippen MR) is 211 cm³/mol. The van der Waals surface area contributed by atoms with Crippen LogP contribution in [0.2, 0.25) is 0 Å². The van der Waals surface area contributed by atoms with Gasteiger partial charge in [0.05, 0.1) is 13.2 Å². The molecule has 2 unspecified atom stereocenters. The van der Waals surface area contributed by atoms with Crippen molar-refractivity contribution < 1.29 is 37.6 Å². The summed E-state index contributed by atoms with van der Waals surface area (Å²) in [6.07, 6.45) is 35.7. The van der Waals surface area contributed by atoms with E-state index in [2.05, 4.69) is 19.2 Å². The molecule has 0 bridgehead atoms. The van der Waals surface area contributed by atoms with Crippen molar-refractivity contribution in [3.8, 4) is 0 Å². The topological polar surface area (TPSA) is 120 Å². The van der Waals surface area contributed by atoms with Crippen molar-refractivity contribution in [2.45, 2.75) is 219 Å². The van der Waals surface area contributed by atoms with E-state index in [4.69, 9.17) is 18.5 Å². The maximum Gasteiger partial charge on any atom is 0.472 e. The highest BCUT2D eigenvalue weighted by molar-refractivity contribution is 7.47. The van der Waals surface area contributed by atoms with Crippen LogP contribution in [0, 0.1) is 0 Å². The van der Waals surface area contributed by atoms with Crippen LogP contribution >= 0.6 is 7.82 Å². The molecule has 0 saturated heterocycles. The lowest BCUT2D eigenvalue weighted by atomic mass is 10.0. The summed E-state index contributed by atoms with van der Waals surface area (Å²) in [5.41, 5.74) is 0. The summed E-state index contributed by atoms with van der Waals surface area (Å²) in [6, 6.07) is 0. The van der Waals surface area contributed by atoms with Gasteiger partial charge in [-0.05, 0) is 19.9 Å². The van der Waals surface area contributed by atoms with E-state index >= 15 is 0 Å². The van der Waals surface area contributed by atoms with Crippen LogP contribution in [0.25, 0.3) is 0 Å². The highest BCUT2D eigenvalue weighted by atomic mass is 31.2. The van der Waals surface area contributed by atoms with Crippen molar-refractivity contribution in [2.24, 2.45) is 0 Å². The third-order valence-electron chi connectivity index (χ3n) is 9.48. The molecule has 0 radical (unpaired) electrons. The van der Waals surface area contributed by atoms with Crippen LogP contribution in [-0.2, 0) is 32.7 Å². The molecular weight excluding hydrogens is 665 g/mol. The van der Waals surface area contributed by atoms with Gasteiger partial charge in [0, 0.05) is 19.4 Å². The van der Waals surface area contributed by atoms with Gasteiger partial charge in [0.25, 0.3) is 0 Å². The molecule has 0 aliphatic heterocycles. The zero-order valence-corrected chi connectivity index (χ0v) is 34.5. The monoisotopic (exact) mass is 748 g/mol. The number of carbonyl (C=O) groups excluding carboxylic acids is 2. The maximum absolute atomic E-state index is 12.6. The molecule has 0 aromatic heterocycles. The molecule has 9 nitrogen and oxygen atoms in total. The van der Waals surface area contributed by atoms with Gasteiger partial charge in [0.15, 0.2) is 6.10 Å². The first-order chi connectivity index (χ1) is 24.8. The average molecular weight is 748 g/mol. The number of phosphoric acid groups is 1. The summed E-state index contributed by atoms with van der Waals surface area (Å²) in [5, 5.41) is 2.82. The lowest BCUT2D eigenvalue weighted by Crippen LogP contribution is -2.29. The summed E-state index contributed by atoms with van der Waals surface area (Å²) < 4.78 is 33.2. The van der Waals surface area contributed by atoms with E-state index in [1.807, 2.05) is 0 Å². The van der Waals surface area contributed by atoms with Crippen molar-refractivity contribution in [3.63, 3.8) is 0 Å². The minimum atomic E-state index is -4.34. The van der Waals surface area contributed by atoms with Crippen molar-refractivity contribution in [1.29, 1.82) is 0 Å². The fourth-order valence-electron chi connectivity index (χ4n) is 6.20. The van der Waals surface area contributed by atoms with Gasteiger partial charge >= 0.3 is 19.8 Å². The number of nitrogens with one attached hydrogen (secondary N) is 1. The molecule has 0 rings (SSSR count). The summed E-state index contributed by atoms with van der Waals surface area (Å²) in [4.78, 5) is 35.0. The number of hydrogen-bond acceptors (Lipinski definition) is 8. The Balaban J connectivity index is 4.17. The van der Waals surface area contributed by atoms with Gasteiger partial charge in [-0.15, -0.1) is 0 Å². The van der Waals surface area contributed by atoms with Gasteiger partial charge in [-0.3, -0.25) is 18.6 Å². The van der Waals surface area contributed by atoms with Crippen LogP contribution in [0.4, 0.5) is 0 Å². The largest absolute Gasteiger partial charge is 0.472 e. The second-order valence-electron chi connectivity index (χ2n) is 14.5. The van der Waals surface area contributed by atoms with Crippen LogP contribution in [0.3, 0.4) is 0 Å². The van der Waals surface area contributed by atoms with Gasteiger partial charge in [-0.2, -0.15) is 0 Å². The Hall–Kier alpha value is -0.990. The lowest BCUT2D eigenvalue weighted by molar-refractivity contribution is -0.161. The first-order valence-corrected chi connectivity index (χ1v) is 23.0. The number of unbranched alkanes of at least 4 members (excludes halogenated alkanes) is 27. The summed E-state index contributed by atoms with van der Waals surface area (Å²) in [6.45, 7) is 4.26. The van der Waals surface area contributed by atoms with Crippen LogP contribution in [0.5, 0.6) is 0 Å². The number of hydrogen-bond donors (Lipinski definition) is 2. The van der Waals surface area contributed by atoms with Crippen molar-refractivity contribution in [1.82, 2.24) is 5.32 Å². The molecule has 51 heavy (non-hydrogen) atoms. The molecule has 0 aromatic carbocycles. The molecule has 0 aliphatic carbocycles. The summed E-state index contributed by atoms with van der Waals surface area (Å²) in [7, 11) is -2.64. The molecule has 0 heterocycles.